The minimum atomic E-state index is 0.124. The molecule has 1 fully saturated rings. The highest BCUT2D eigenvalue weighted by Crippen LogP contribution is 2.41. The number of carbonyl (C=O) groups is 1. The molecule has 116 valence electrons. The molecule has 0 unspecified atom stereocenters. The van der Waals surface area contributed by atoms with Crippen molar-refractivity contribution < 1.29 is 4.79 Å². The fourth-order valence-electron chi connectivity index (χ4n) is 3.83. The third-order valence-electron chi connectivity index (χ3n) is 4.93. The van der Waals surface area contributed by atoms with E-state index >= 15 is 0 Å². The van der Waals surface area contributed by atoms with Crippen molar-refractivity contribution in [3.8, 4) is 0 Å². The van der Waals surface area contributed by atoms with Crippen LogP contribution in [0.2, 0.25) is 0 Å². The van der Waals surface area contributed by atoms with Crippen molar-refractivity contribution in [2.45, 2.75) is 25.3 Å². The molecule has 0 saturated carbocycles. The predicted octanol–water partition coefficient (Wildman–Crippen LogP) is 4.49. The molecule has 0 bridgehead atoms. The number of hydrogen-bond acceptors (Lipinski definition) is 2. The van der Waals surface area contributed by atoms with E-state index in [0.29, 0.717) is 0 Å². The van der Waals surface area contributed by atoms with Gasteiger partial charge in [0.2, 0.25) is 0 Å². The second-order valence-electron chi connectivity index (χ2n) is 6.43. The fourth-order valence-corrected chi connectivity index (χ4v) is 3.83. The topological polar surface area (TPSA) is 20.3 Å². The van der Waals surface area contributed by atoms with E-state index < -0.39 is 0 Å². The zero-order valence-corrected chi connectivity index (χ0v) is 13.2. The Morgan fingerprint density at radius 3 is 2.35 bits per heavy atom. The quantitative estimate of drug-likeness (QED) is 0.762. The van der Waals surface area contributed by atoms with Crippen LogP contribution in [0.3, 0.4) is 0 Å². The Bertz CT molecular complexity index is 741. The SMILES string of the molecule is O=C1/C(=C\c2ccccc2)[C@H](N2CCCCC2)c2ccccc21. The molecule has 2 aromatic rings. The molecule has 1 saturated heterocycles. The Hall–Kier alpha value is -2.19. The molecule has 0 spiro atoms. The second kappa shape index (κ2) is 6.13. The second-order valence-corrected chi connectivity index (χ2v) is 6.43. The van der Waals surface area contributed by atoms with Crippen molar-refractivity contribution in [1.82, 2.24) is 4.90 Å². The molecule has 2 aromatic carbocycles. The number of hydrogen-bond donors (Lipinski definition) is 0. The largest absolute Gasteiger partial charge is 0.292 e. The smallest absolute Gasteiger partial charge is 0.191 e. The number of benzene rings is 2. The van der Waals surface area contributed by atoms with Gasteiger partial charge >= 0.3 is 0 Å². The van der Waals surface area contributed by atoms with Gasteiger partial charge in [-0.2, -0.15) is 0 Å². The average Bonchev–Trinajstić information content (AvgIpc) is 2.89. The predicted molar refractivity (Wildman–Crippen MR) is 93.4 cm³/mol. The number of fused-ring (bicyclic) bond motifs is 1. The summed E-state index contributed by atoms with van der Waals surface area (Å²) >= 11 is 0. The van der Waals surface area contributed by atoms with Gasteiger partial charge in [0.25, 0.3) is 0 Å². The molecule has 0 aromatic heterocycles. The van der Waals surface area contributed by atoms with Gasteiger partial charge in [0.05, 0.1) is 6.04 Å². The van der Waals surface area contributed by atoms with Gasteiger partial charge in [-0.25, -0.2) is 0 Å². The molecule has 4 rings (SSSR count). The summed E-state index contributed by atoms with van der Waals surface area (Å²) in [6.45, 7) is 2.16. The Labute approximate surface area is 137 Å². The van der Waals surface area contributed by atoms with E-state index in [1.165, 1.54) is 24.8 Å². The summed E-state index contributed by atoms with van der Waals surface area (Å²) in [7, 11) is 0. The van der Waals surface area contributed by atoms with Crippen LogP contribution in [0.25, 0.3) is 6.08 Å². The number of likely N-dealkylation sites (tertiary alicyclic amines) is 1. The highest BCUT2D eigenvalue weighted by Gasteiger charge is 2.38. The molecule has 2 heteroatoms. The molecule has 2 aliphatic rings. The Morgan fingerprint density at radius 1 is 0.870 bits per heavy atom. The molecular formula is C21H21NO. The number of piperidine rings is 1. The van der Waals surface area contributed by atoms with Crippen molar-refractivity contribution >= 4 is 11.9 Å². The average molecular weight is 303 g/mol. The molecule has 1 heterocycles. The maximum Gasteiger partial charge on any atom is 0.191 e. The van der Waals surface area contributed by atoms with Crippen molar-refractivity contribution in [2.24, 2.45) is 0 Å². The zero-order valence-electron chi connectivity index (χ0n) is 13.2. The van der Waals surface area contributed by atoms with Crippen molar-refractivity contribution in [3.63, 3.8) is 0 Å². The van der Waals surface area contributed by atoms with Gasteiger partial charge in [-0.3, -0.25) is 9.69 Å². The van der Waals surface area contributed by atoms with Crippen LogP contribution >= 0.6 is 0 Å². The van der Waals surface area contributed by atoms with Gasteiger partial charge < -0.3 is 0 Å². The summed E-state index contributed by atoms with van der Waals surface area (Å²) in [5.41, 5.74) is 4.09. The minimum Gasteiger partial charge on any atom is -0.292 e. The first-order valence-electron chi connectivity index (χ1n) is 8.49. The zero-order chi connectivity index (χ0) is 15.6. The van der Waals surface area contributed by atoms with Gasteiger partial charge in [0, 0.05) is 11.1 Å². The van der Waals surface area contributed by atoms with E-state index in [1.807, 2.05) is 30.3 Å². The molecule has 1 aliphatic carbocycles. The number of rotatable bonds is 2. The normalized spacial score (nSPS) is 23.2. The summed E-state index contributed by atoms with van der Waals surface area (Å²) in [5, 5.41) is 0. The van der Waals surface area contributed by atoms with E-state index in [0.717, 1.165) is 29.8 Å². The molecule has 0 N–H and O–H groups in total. The third-order valence-corrected chi connectivity index (χ3v) is 4.93. The maximum absolute atomic E-state index is 13.0. The highest BCUT2D eigenvalue weighted by atomic mass is 16.1. The van der Waals surface area contributed by atoms with Crippen LogP contribution in [0.4, 0.5) is 0 Å². The fraction of sp³-hybridized carbons (Fsp3) is 0.286. The minimum absolute atomic E-state index is 0.124. The molecular weight excluding hydrogens is 282 g/mol. The lowest BCUT2D eigenvalue weighted by molar-refractivity contribution is 0.102. The van der Waals surface area contributed by atoms with E-state index in [2.05, 4.69) is 35.2 Å². The summed E-state index contributed by atoms with van der Waals surface area (Å²) in [5.74, 6) is 0.194. The number of Topliss-reactive ketones (excluding diaryl/α,β-unsaturated/α-hetero) is 1. The van der Waals surface area contributed by atoms with E-state index in [-0.39, 0.29) is 11.8 Å². The van der Waals surface area contributed by atoms with E-state index in [1.54, 1.807) is 0 Å². The number of nitrogens with zero attached hydrogens (tertiary/aromatic N) is 1. The van der Waals surface area contributed by atoms with Crippen LogP contribution in [0.5, 0.6) is 0 Å². The summed E-state index contributed by atoms with van der Waals surface area (Å²) in [6, 6.07) is 18.4. The number of carbonyl (C=O) groups excluding carboxylic acids is 1. The van der Waals surface area contributed by atoms with E-state index in [4.69, 9.17) is 0 Å². The Kier molecular flexibility index (Phi) is 3.84. The lowest BCUT2D eigenvalue weighted by atomic mass is 9.99. The molecule has 1 aliphatic heterocycles. The Morgan fingerprint density at radius 2 is 1.57 bits per heavy atom. The molecule has 1 atom stereocenters. The van der Waals surface area contributed by atoms with Crippen molar-refractivity contribution in [2.75, 3.05) is 13.1 Å². The van der Waals surface area contributed by atoms with Gasteiger partial charge in [0.1, 0.15) is 0 Å². The van der Waals surface area contributed by atoms with Gasteiger partial charge in [-0.1, -0.05) is 61.0 Å². The van der Waals surface area contributed by atoms with Crippen molar-refractivity contribution in [1.29, 1.82) is 0 Å². The lowest BCUT2D eigenvalue weighted by Crippen LogP contribution is -2.33. The summed E-state index contributed by atoms with van der Waals surface area (Å²) in [6.07, 6.45) is 5.84. The van der Waals surface area contributed by atoms with Gasteiger partial charge in [-0.15, -0.1) is 0 Å². The molecule has 23 heavy (non-hydrogen) atoms. The molecule has 0 radical (unpaired) electrons. The van der Waals surface area contributed by atoms with Crippen LogP contribution in [-0.2, 0) is 0 Å². The van der Waals surface area contributed by atoms with Crippen molar-refractivity contribution in [3.05, 3.63) is 76.9 Å². The van der Waals surface area contributed by atoms with Crippen LogP contribution in [0.1, 0.15) is 46.8 Å². The first-order valence-corrected chi connectivity index (χ1v) is 8.49. The standard InChI is InChI=1S/C21H21NO/c23-21-18-12-6-5-11-17(18)20(22-13-7-2-8-14-22)19(21)15-16-9-3-1-4-10-16/h1,3-6,9-12,15,20H,2,7-8,13-14H2/b19-15-/t20-/m1/s1. The first kappa shape index (κ1) is 14.4. The van der Waals surface area contributed by atoms with Crippen LogP contribution < -0.4 is 0 Å². The summed E-state index contributed by atoms with van der Waals surface area (Å²) in [4.78, 5) is 15.4. The third kappa shape index (κ3) is 2.64. The highest BCUT2D eigenvalue weighted by molar-refractivity contribution is 6.16. The van der Waals surface area contributed by atoms with E-state index in [9.17, 15) is 4.79 Å². The molecule has 0 amide bonds. The van der Waals surface area contributed by atoms with Gasteiger partial charge in [0.15, 0.2) is 5.78 Å². The van der Waals surface area contributed by atoms with Crippen LogP contribution in [-0.4, -0.2) is 23.8 Å². The van der Waals surface area contributed by atoms with Gasteiger partial charge in [-0.05, 0) is 43.1 Å². The molecule has 2 nitrogen and oxygen atoms in total. The van der Waals surface area contributed by atoms with Crippen LogP contribution in [0, 0.1) is 0 Å². The monoisotopic (exact) mass is 303 g/mol. The number of ketones is 1. The Balaban J connectivity index is 1.80. The lowest BCUT2D eigenvalue weighted by Gasteiger charge is -2.33. The van der Waals surface area contributed by atoms with Crippen LogP contribution in [0.15, 0.2) is 60.2 Å². The maximum atomic E-state index is 13.0. The summed E-state index contributed by atoms with van der Waals surface area (Å²) < 4.78 is 0. The first-order chi connectivity index (χ1) is 11.3.